The maximum absolute atomic E-state index is 12.2. The minimum absolute atomic E-state index is 0.0231. The average Bonchev–Trinajstić information content (AvgIpc) is 2.27. The number of halogens is 1. The maximum Gasteiger partial charge on any atom is 0.254 e. The van der Waals surface area contributed by atoms with E-state index < -0.39 is 0 Å². The molecule has 0 saturated heterocycles. The molecule has 0 aliphatic heterocycles. The Morgan fingerprint density at radius 1 is 1.56 bits per heavy atom. The van der Waals surface area contributed by atoms with Crippen molar-refractivity contribution in [3.63, 3.8) is 0 Å². The summed E-state index contributed by atoms with van der Waals surface area (Å²) in [6.07, 6.45) is 2.55. The average molecular weight is 285 g/mol. The van der Waals surface area contributed by atoms with Crippen LogP contribution in [0.1, 0.15) is 37.6 Å². The van der Waals surface area contributed by atoms with E-state index in [2.05, 4.69) is 41.7 Å². The van der Waals surface area contributed by atoms with Gasteiger partial charge >= 0.3 is 0 Å². The predicted octanol–water partition coefficient (Wildman–Crippen LogP) is 3.10. The van der Waals surface area contributed by atoms with Crippen LogP contribution in [0.3, 0.4) is 0 Å². The van der Waals surface area contributed by atoms with Crippen LogP contribution in [-0.4, -0.2) is 28.4 Å². The summed E-state index contributed by atoms with van der Waals surface area (Å²) in [7, 11) is 1.83. The number of hydrogen-bond donors (Lipinski definition) is 0. The molecule has 0 saturated carbocycles. The van der Waals surface area contributed by atoms with Gasteiger partial charge in [-0.1, -0.05) is 6.92 Å². The molecule has 0 bridgehead atoms. The van der Waals surface area contributed by atoms with Crippen molar-refractivity contribution < 1.29 is 4.79 Å². The SMILES string of the molecule is CCC(C)(C)N(C)C(=O)c1ccnc(Br)c1. The van der Waals surface area contributed by atoms with Gasteiger partial charge in [0.1, 0.15) is 4.60 Å². The zero-order chi connectivity index (χ0) is 12.3. The van der Waals surface area contributed by atoms with Gasteiger partial charge in [0.15, 0.2) is 0 Å². The van der Waals surface area contributed by atoms with Gasteiger partial charge in [0.25, 0.3) is 5.91 Å². The quantitative estimate of drug-likeness (QED) is 0.799. The van der Waals surface area contributed by atoms with Crippen molar-refractivity contribution in [3.05, 3.63) is 28.5 Å². The first kappa shape index (κ1) is 13.2. The van der Waals surface area contributed by atoms with Gasteiger partial charge in [-0.05, 0) is 48.3 Å². The lowest BCUT2D eigenvalue weighted by atomic mass is 9.99. The van der Waals surface area contributed by atoms with Crippen molar-refractivity contribution in [1.29, 1.82) is 0 Å². The molecule has 16 heavy (non-hydrogen) atoms. The molecule has 0 unspecified atom stereocenters. The molecule has 0 aliphatic carbocycles. The number of nitrogens with zero attached hydrogens (tertiary/aromatic N) is 2. The van der Waals surface area contributed by atoms with E-state index in [0.717, 1.165) is 6.42 Å². The largest absolute Gasteiger partial charge is 0.337 e. The Kier molecular flexibility index (Phi) is 4.08. The zero-order valence-electron chi connectivity index (χ0n) is 10.1. The van der Waals surface area contributed by atoms with Gasteiger partial charge in [-0.3, -0.25) is 4.79 Å². The van der Waals surface area contributed by atoms with E-state index in [1.54, 1.807) is 23.2 Å². The fourth-order valence-electron chi connectivity index (χ4n) is 1.24. The van der Waals surface area contributed by atoms with E-state index in [4.69, 9.17) is 0 Å². The van der Waals surface area contributed by atoms with Crippen molar-refractivity contribution in [3.8, 4) is 0 Å². The van der Waals surface area contributed by atoms with Crippen LogP contribution in [-0.2, 0) is 0 Å². The number of carbonyl (C=O) groups is 1. The maximum atomic E-state index is 12.2. The Morgan fingerprint density at radius 2 is 2.19 bits per heavy atom. The lowest BCUT2D eigenvalue weighted by Crippen LogP contribution is -2.44. The minimum atomic E-state index is -0.132. The first-order valence-corrected chi connectivity index (χ1v) is 6.07. The summed E-state index contributed by atoms with van der Waals surface area (Å²) in [5.74, 6) is 0.0231. The molecule has 0 spiro atoms. The smallest absolute Gasteiger partial charge is 0.254 e. The number of pyridine rings is 1. The fourth-order valence-corrected chi connectivity index (χ4v) is 1.61. The standard InChI is InChI=1S/C12H17BrN2O/c1-5-12(2,3)15(4)11(16)9-6-7-14-10(13)8-9/h6-8H,5H2,1-4H3. The van der Waals surface area contributed by atoms with Gasteiger partial charge in [0, 0.05) is 24.3 Å². The van der Waals surface area contributed by atoms with E-state index in [1.807, 2.05) is 7.05 Å². The molecule has 1 amide bonds. The van der Waals surface area contributed by atoms with Crippen LogP contribution in [0.15, 0.2) is 22.9 Å². The lowest BCUT2D eigenvalue weighted by molar-refractivity contribution is 0.0620. The molecule has 0 aliphatic rings. The number of hydrogen-bond acceptors (Lipinski definition) is 2. The van der Waals surface area contributed by atoms with Crippen molar-refractivity contribution in [1.82, 2.24) is 9.88 Å². The topological polar surface area (TPSA) is 33.2 Å². The van der Waals surface area contributed by atoms with Gasteiger partial charge in [0.05, 0.1) is 0 Å². The normalized spacial score (nSPS) is 11.3. The molecule has 0 radical (unpaired) electrons. The lowest BCUT2D eigenvalue weighted by Gasteiger charge is -2.34. The van der Waals surface area contributed by atoms with Gasteiger partial charge in [0.2, 0.25) is 0 Å². The van der Waals surface area contributed by atoms with Crippen LogP contribution in [0, 0.1) is 0 Å². The van der Waals surface area contributed by atoms with Gasteiger partial charge in [-0.25, -0.2) is 4.98 Å². The molecule has 0 atom stereocenters. The molecule has 3 nitrogen and oxygen atoms in total. The highest BCUT2D eigenvalue weighted by Gasteiger charge is 2.26. The second-order valence-corrected chi connectivity index (χ2v) is 5.21. The number of amides is 1. The summed E-state index contributed by atoms with van der Waals surface area (Å²) in [6, 6.07) is 3.47. The first-order chi connectivity index (χ1) is 7.38. The van der Waals surface area contributed by atoms with Crippen LogP contribution in [0.4, 0.5) is 0 Å². The Morgan fingerprint density at radius 3 is 2.69 bits per heavy atom. The minimum Gasteiger partial charge on any atom is -0.337 e. The molecular formula is C12H17BrN2O. The van der Waals surface area contributed by atoms with Crippen LogP contribution in [0.2, 0.25) is 0 Å². The van der Waals surface area contributed by atoms with E-state index in [0.29, 0.717) is 10.2 Å². The fraction of sp³-hybridized carbons (Fsp3) is 0.500. The summed E-state index contributed by atoms with van der Waals surface area (Å²) >= 11 is 3.27. The van der Waals surface area contributed by atoms with Crippen LogP contribution < -0.4 is 0 Å². The highest BCUT2D eigenvalue weighted by Crippen LogP contribution is 2.20. The van der Waals surface area contributed by atoms with Gasteiger partial charge in [-0.2, -0.15) is 0 Å². The molecule has 1 heterocycles. The summed E-state index contributed by atoms with van der Waals surface area (Å²) in [6.45, 7) is 6.19. The van der Waals surface area contributed by atoms with E-state index >= 15 is 0 Å². The molecule has 1 aromatic rings. The Bertz CT molecular complexity index is 390. The van der Waals surface area contributed by atoms with Crippen LogP contribution in [0.5, 0.6) is 0 Å². The predicted molar refractivity (Wildman–Crippen MR) is 68.4 cm³/mol. The molecule has 1 rings (SSSR count). The summed E-state index contributed by atoms with van der Waals surface area (Å²) < 4.78 is 0.682. The van der Waals surface area contributed by atoms with Crippen molar-refractivity contribution in [2.45, 2.75) is 32.7 Å². The molecule has 4 heteroatoms. The second kappa shape index (κ2) is 4.95. The van der Waals surface area contributed by atoms with Crippen molar-refractivity contribution in [2.75, 3.05) is 7.05 Å². The van der Waals surface area contributed by atoms with E-state index in [-0.39, 0.29) is 11.4 Å². The molecular weight excluding hydrogens is 268 g/mol. The molecule has 88 valence electrons. The molecule has 0 aromatic carbocycles. The highest BCUT2D eigenvalue weighted by atomic mass is 79.9. The van der Waals surface area contributed by atoms with Crippen LogP contribution in [0.25, 0.3) is 0 Å². The summed E-state index contributed by atoms with van der Waals surface area (Å²) in [4.78, 5) is 18.0. The highest BCUT2D eigenvalue weighted by molar-refractivity contribution is 9.10. The number of rotatable bonds is 3. The molecule has 1 aromatic heterocycles. The third-order valence-electron chi connectivity index (χ3n) is 3.05. The number of aromatic nitrogens is 1. The summed E-state index contributed by atoms with van der Waals surface area (Å²) in [5.41, 5.74) is 0.526. The van der Waals surface area contributed by atoms with Crippen LogP contribution >= 0.6 is 15.9 Å². The van der Waals surface area contributed by atoms with Gasteiger partial charge < -0.3 is 4.90 Å². The molecule has 0 fully saturated rings. The summed E-state index contributed by atoms with van der Waals surface area (Å²) in [5, 5.41) is 0. The van der Waals surface area contributed by atoms with Crippen molar-refractivity contribution in [2.24, 2.45) is 0 Å². The zero-order valence-corrected chi connectivity index (χ0v) is 11.7. The monoisotopic (exact) mass is 284 g/mol. The Hall–Kier alpha value is -0.900. The van der Waals surface area contributed by atoms with E-state index in [1.165, 1.54) is 0 Å². The third-order valence-corrected chi connectivity index (χ3v) is 3.49. The Labute approximate surface area is 105 Å². The van der Waals surface area contributed by atoms with Crippen molar-refractivity contribution >= 4 is 21.8 Å². The first-order valence-electron chi connectivity index (χ1n) is 5.28. The Balaban J connectivity index is 2.95. The third kappa shape index (κ3) is 2.82. The second-order valence-electron chi connectivity index (χ2n) is 4.40. The number of carbonyl (C=O) groups excluding carboxylic acids is 1. The van der Waals surface area contributed by atoms with Gasteiger partial charge in [-0.15, -0.1) is 0 Å². The van der Waals surface area contributed by atoms with E-state index in [9.17, 15) is 4.79 Å². The molecule has 0 N–H and O–H groups in total.